The normalized spacial score (nSPS) is 14.5. The second kappa shape index (κ2) is 8.86. The molecule has 0 atom stereocenters. The zero-order chi connectivity index (χ0) is 20.9. The highest BCUT2D eigenvalue weighted by Crippen LogP contribution is 2.25. The Morgan fingerprint density at radius 1 is 1.23 bits per heavy atom. The number of hydrogen-bond donors (Lipinski definition) is 0. The SMILES string of the molecule is CN(Cc1nc(-c2cccnc2)no1)C(=O)C1CCN(c2ccc(C=O)cc2)CC1. The number of benzene rings is 1. The molecule has 1 aliphatic rings. The number of aromatic nitrogens is 3. The first-order valence-corrected chi connectivity index (χ1v) is 9.92. The smallest absolute Gasteiger partial charge is 0.246 e. The zero-order valence-electron chi connectivity index (χ0n) is 16.8. The van der Waals surface area contributed by atoms with Gasteiger partial charge in [-0.3, -0.25) is 14.6 Å². The van der Waals surface area contributed by atoms with Crippen molar-refractivity contribution in [1.82, 2.24) is 20.0 Å². The number of anilines is 1. The van der Waals surface area contributed by atoms with Crippen LogP contribution in [0.5, 0.6) is 0 Å². The number of amides is 1. The van der Waals surface area contributed by atoms with E-state index < -0.39 is 0 Å². The van der Waals surface area contributed by atoms with E-state index in [9.17, 15) is 9.59 Å². The summed E-state index contributed by atoms with van der Waals surface area (Å²) < 4.78 is 5.31. The van der Waals surface area contributed by atoms with Gasteiger partial charge in [0, 0.05) is 55.3 Å². The molecule has 1 amide bonds. The minimum absolute atomic E-state index is 0.0267. The zero-order valence-corrected chi connectivity index (χ0v) is 16.8. The van der Waals surface area contributed by atoms with Crippen LogP contribution >= 0.6 is 0 Å². The first-order chi connectivity index (χ1) is 14.6. The van der Waals surface area contributed by atoms with E-state index in [-0.39, 0.29) is 18.4 Å². The second-order valence-corrected chi connectivity index (χ2v) is 7.42. The van der Waals surface area contributed by atoms with E-state index in [4.69, 9.17) is 4.52 Å². The molecule has 1 aromatic carbocycles. The van der Waals surface area contributed by atoms with Crippen LogP contribution < -0.4 is 4.90 Å². The van der Waals surface area contributed by atoms with Crippen molar-refractivity contribution in [2.24, 2.45) is 5.92 Å². The van der Waals surface area contributed by atoms with Crippen LogP contribution in [0.15, 0.2) is 53.3 Å². The lowest BCUT2D eigenvalue weighted by molar-refractivity contribution is -0.135. The van der Waals surface area contributed by atoms with Gasteiger partial charge in [0.05, 0.1) is 6.54 Å². The molecule has 0 saturated carbocycles. The van der Waals surface area contributed by atoms with E-state index in [1.807, 2.05) is 36.4 Å². The predicted octanol–water partition coefficient (Wildman–Crippen LogP) is 2.82. The maximum Gasteiger partial charge on any atom is 0.246 e. The van der Waals surface area contributed by atoms with Gasteiger partial charge in [-0.25, -0.2) is 0 Å². The Hall–Kier alpha value is -3.55. The summed E-state index contributed by atoms with van der Waals surface area (Å²) in [5.41, 5.74) is 2.52. The molecule has 1 fully saturated rings. The molecule has 0 N–H and O–H groups in total. The molecule has 1 aliphatic heterocycles. The number of pyridine rings is 1. The van der Waals surface area contributed by atoms with Crippen molar-refractivity contribution in [3.63, 3.8) is 0 Å². The highest BCUT2D eigenvalue weighted by molar-refractivity contribution is 5.79. The van der Waals surface area contributed by atoms with Crippen LogP contribution in [0.25, 0.3) is 11.4 Å². The van der Waals surface area contributed by atoms with Crippen molar-refractivity contribution in [2.75, 3.05) is 25.0 Å². The van der Waals surface area contributed by atoms with Crippen LogP contribution in [0.2, 0.25) is 0 Å². The summed E-state index contributed by atoms with van der Waals surface area (Å²) in [6, 6.07) is 11.2. The Morgan fingerprint density at radius 3 is 2.67 bits per heavy atom. The van der Waals surface area contributed by atoms with E-state index in [0.29, 0.717) is 17.3 Å². The van der Waals surface area contributed by atoms with Crippen LogP contribution in [-0.2, 0) is 11.3 Å². The number of carbonyl (C=O) groups is 2. The molecular formula is C22H23N5O3. The van der Waals surface area contributed by atoms with Crippen molar-refractivity contribution < 1.29 is 14.1 Å². The molecule has 4 rings (SSSR count). The highest BCUT2D eigenvalue weighted by atomic mass is 16.5. The fraction of sp³-hybridized carbons (Fsp3) is 0.318. The molecule has 8 nitrogen and oxygen atoms in total. The number of aldehydes is 1. The molecule has 0 spiro atoms. The molecular weight excluding hydrogens is 382 g/mol. The minimum atomic E-state index is -0.0267. The van der Waals surface area contributed by atoms with Crippen LogP contribution in [0, 0.1) is 5.92 Å². The lowest BCUT2D eigenvalue weighted by atomic mass is 9.95. The molecule has 30 heavy (non-hydrogen) atoms. The van der Waals surface area contributed by atoms with Crippen molar-refractivity contribution >= 4 is 17.9 Å². The van der Waals surface area contributed by atoms with E-state index in [2.05, 4.69) is 20.0 Å². The Bertz CT molecular complexity index is 995. The van der Waals surface area contributed by atoms with Crippen molar-refractivity contribution in [1.29, 1.82) is 0 Å². The number of piperidine rings is 1. The summed E-state index contributed by atoms with van der Waals surface area (Å²) in [5, 5.41) is 3.97. The van der Waals surface area contributed by atoms with Crippen molar-refractivity contribution in [3.05, 3.63) is 60.2 Å². The van der Waals surface area contributed by atoms with Gasteiger partial charge in [0.2, 0.25) is 17.6 Å². The molecule has 0 bridgehead atoms. The van der Waals surface area contributed by atoms with Crippen LogP contribution in [0.3, 0.4) is 0 Å². The second-order valence-electron chi connectivity index (χ2n) is 7.42. The molecule has 8 heteroatoms. The highest BCUT2D eigenvalue weighted by Gasteiger charge is 2.28. The van der Waals surface area contributed by atoms with Gasteiger partial charge in [0.1, 0.15) is 6.29 Å². The molecule has 3 aromatic rings. The van der Waals surface area contributed by atoms with Gasteiger partial charge in [-0.2, -0.15) is 4.98 Å². The van der Waals surface area contributed by atoms with Crippen molar-refractivity contribution in [3.8, 4) is 11.4 Å². The van der Waals surface area contributed by atoms with Crippen LogP contribution in [0.4, 0.5) is 5.69 Å². The van der Waals surface area contributed by atoms with Gasteiger partial charge in [-0.15, -0.1) is 0 Å². The molecule has 2 aromatic heterocycles. The summed E-state index contributed by atoms with van der Waals surface area (Å²) in [4.78, 5) is 36.0. The fourth-order valence-electron chi connectivity index (χ4n) is 3.67. The Morgan fingerprint density at radius 2 is 2.00 bits per heavy atom. The molecule has 3 heterocycles. The molecule has 1 saturated heterocycles. The predicted molar refractivity (Wildman–Crippen MR) is 111 cm³/mol. The topological polar surface area (TPSA) is 92.4 Å². The molecule has 0 aliphatic carbocycles. The number of carbonyl (C=O) groups excluding carboxylic acids is 2. The van der Waals surface area contributed by atoms with Gasteiger partial charge in [-0.05, 0) is 49.2 Å². The monoisotopic (exact) mass is 405 g/mol. The maximum atomic E-state index is 12.9. The summed E-state index contributed by atoms with van der Waals surface area (Å²) in [6.07, 6.45) is 5.76. The average Bonchev–Trinajstić information content (AvgIpc) is 3.28. The van der Waals surface area contributed by atoms with Gasteiger partial charge in [0.15, 0.2) is 0 Å². The van der Waals surface area contributed by atoms with Crippen molar-refractivity contribution in [2.45, 2.75) is 19.4 Å². The Labute approximate surface area is 174 Å². The Balaban J connectivity index is 1.31. The summed E-state index contributed by atoms with van der Waals surface area (Å²) in [6.45, 7) is 1.88. The molecule has 0 unspecified atom stereocenters. The first kappa shape index (κ1) is 19.8. The maximum absolute atomic E-state index is 12.9. The van der Waals surface area contributed by atoms with Crippen LogP contribution in [0.1, 0.15) is 29.1 Å². The summed E-state index contributed by atoms with van der Waals surface area (Å²) >= 11 is 0. The summed E-state index contributed by atoms with van der Waals surface area (Å²) in [5.74, 6) is 0.929. The van der Waals surface area contributed by atoms with E-state index in [0.717, 1.165) is 43.5 Å². The van der Waals surface area contributed by atoms with Crippen LogP contribution in [-0.4, -0.2) is 52.4 Å². The minimum Gasteiger partial charge on any atom is -0.371 e. The third-order valence-corrected chi connectivity index (χ3v) is 5.37. The van der Waals surface area contributed by atoms with Gasteiger partial charge in [-0.1, -0.05) is 5.16 Å². The quantitative estimate of drug-likeness (QED) is 0.582. The van der Waals surface area contributed by atoms with Gasteiger partial charge >= 0.3 is 0 Å². The van der Waals surface area contributed by atoms with Gasteiger partial charge in [0.25, 0.3) is 0 Å². The number of rotatable bonds is 6. The third-order valence-electron chi connectivity index (χ3n) is 5.37. The molecule has 154 valence electrons. The molecule has 0 radical (unpaired) electrons. The number of hydrogen-bond acceptors (Lipinski definition) is 7. The largest absolute Gasteiger partial charge is 0.371 e. The first-order valence-electron chi connectivity index (χ1n) is 9.92. The average molecular weight is 405 g/mol. The lowest BCUT2D eigenvalue weighted by Gasteiger charge is -2.34. The fourth-order valence-corrected chi connectivity index (χ4v) is 3.67. The van der Waals surface area contributed by atoms with E-state index in [1.54, 1.807) is 24.3 Å². The van der Waals surface area contributed by atoms with E-state index in [1.165, 1.54) is 0 Å². The summed E-state index contributed by atoms with van der Waals surface area (Å²) in [7, 11) is 1.76. The van der Waals surface area contributed by atoms with E-state index >= 15 is 0 Å². The number of nitrogens with zero attached hydrogens (tertiary/aromatic N) is 5. The lowest BCUT2D eigenvalue weighted by Crippen LogP contribution is -2.41. The van der Waals surface area contributed by atoms with Gasteiger partial charge < -0.3 is 14.3 Å². The standard InChI is InChI=1S/C22H23N5O3/c1-26(14-20-24-21(25-30-20)18-3-2-10-23-13-18)22(29)17-8-11-27(12-9-17)19-6-4-16(15-28)5-7-19/h2-7,10,13,15,17H,8-9,11-12,14H2,1H3. The Kier molecular flexibility index (Phi) is 5.83. The third kappa shape index (κ3) is 4.37.